The lowest BCUT2D eigenvalue weighted by Gasteiger charge is -2.06. The van der Waals surface area contributed by atoms with Crippen molar-refractivity contribution in [2.45, 2.75) is 18.2 Å². The van der Waals surface area contributed by atoms with Crippen LogP contribution >= 0.6 is 56.3 Å². The Kier molecular flexibility index (Phi) is 8.81. The Morgan fingerprint density at radius 3 is 1.60 bits per heavy atom. The molecular weight excluding hydrogens is 300 g/mol. The fourth-order valence-corrected chi connectivity index (χ4v) is 0. The van der Waals surface area contributed by atoms with Gasteiger partial charge in [0.05, 0.1) is 4.32 Å². The summed E-state index contributed by atoms with van der Waals surface area (Å²) < 4.78 is 1.48. The molecule has 0 saturated carbocycles. The summed E-state index contributed by atoms with van der Waals surface area (Å²) in [5.41, 5.74) is 0. The molecule has 0 aromatic heterocycles. The van der Waals surface area contributed by atoms with Gasteiger partial charge in [0.25, 0.3) is 0 Å². The smallest absolute Gasteiger partial charge is 0.213 e. The van der Waals surface area contributed by atoms with E-state index >= 15 is 0 Å². The van der Waals surface area contributed by atoms with Gasteiger partial charge < -0.3 is 0 Å². The fraction of sp³-hybridized carbons (Fsp3) is 0.600. The molecule has 0 atom stereocenters. The van der Waals surface area contributed by atoms with Crippen molar-refractivity contribution >= 4 is 65.3 Å². The van der Waals surface area contributed by atoms with Crippen LogP contribution in [0, 0.1) is 0 Å². The second-order valence-corrected chi connectivity index (χ2v) is 5.20. The number of thiocarbonyl (C=S) groups is 2. The van der Waals surface area contributed by atoms with E-state index in [4.69, 9.17) is 0 Å². The van der Waals surface area contributed by atoms with E-state index in [1.165, 1.54) is 0 Å². The van der Waals surface area contributed by atoms with Gasteiger partial charge in [-0.05, 0) is 54.2 Å². The molecule has 0 amide bonds. The number of halogens is 2. The van der Waals surface area contributed by atoms with E-state index in [2.05, 4.69) is 56.3 Å². The molecule has 0 rings (SSSR count). The summed E-state index contributed by atoms with van der Waals surface area (Å²) in [6.45, 7) is 3.56. The maximum atomic E-state index is 10.3. The molecule has 5 heteroatoms. The van der Waals surface area contributed by atoms with Gasteiger partial charge in [0.15, 0.2) is 0 Å². The number of carbonyl (C=O) groups is 1. The van der Waals surface area contributed by atoms with Crippen LogP contribution in [-0.4, -0.2) is 13.3 Å². The number of alkyl halides is 1. The summed E-state index contributed by atoms with van der Waals surface area (Å²) in [4.78, 5) is 10.3. The lowest BCUT2D eigenvalue weighted by Crippen LogP contribution is -2.17. The van der Waals surface area contributed by atoms with Crippen LogP contribution in [0.25, 0.3) is 0 Å². The van der Waals surface area contributed by atoms with Crippen molar-refractivity contribution in [1.29, 1.82) is 0 Å². The molecule has 0 aromatic carbocycles. The average molecular weight is 306 g/mol. The Labute approximate surface area is 87.8 Å². The first kappa shape index (κ1) is 13.4. The lowest BCUT2D eigenvalue weighted by molar-refractivity contribution is -0.111. The molecule has 0 heterocycles. The zero-order valence-electron chi connectivity index (χ0n) is 5.48. The van der Waals surface area contributed by atoms with E-state index in [0.717, 1.165) is 0 Å². The Balaban J connectivity index is 0. The van der Waals surface area contributed by atoms with Gasteiger partial charge in [-0.1, -0.05) is 15.9 Å². The van der Waals surface area contributed by atoms with Gasteiger partial charge in [-0.2, -0.15) is 0 Å². The highest BCUT2D eigenvalue weighted by atomic mass is 79.9. The largest absolute Gasteiger partial charge is 0.285 e. The molecule has 0 spiro atoms. The summed E-state index contributed by atoms with van der Waals surface area (Å²) in [5, 5.41) is 0. The number of hydrogen-bond donors (Lipinski definition) is 0. The normalized spacial score (nSPS) is 8.80. The fourth-order valence-electron chi connectivity index (χ4n) is 0. The molecule has 0 radical (unpaired) electrons. The Hall–Kier alpha value is 0.850. The van der Waals surface area contributed by atoms with Crippen molar-refractivity contribution in [2.24, 2.45) is 0 Å². The highest BCUT2D eigenvalue weighted by Gasteiger charge is 2.19. The highest BCUT2D eigenvalue weighted by molar-refractivity contribution is 9.20. The minimum Gasteiger partial charge on any atom is -0.285 e. The van der Waals surface area contributed by atoms with Crippen LogP contribution < -0.4 is 0 Å². The van der Waals surface area contributed by atoms with Crippen LogP contribution in [0.2, 0.25) is 0 Å². The molecule has 0 aromatic rings. The topological polar surface area (TPSA) is 17.1 Å². The minimum absolute atomic E-state index is 0.0278. The van der Waals surface area contributed by atoms with Gasteiger partial charge >= 0.3 is 0 Å². The summed E-state index contributed by atoms with van der Waals surface area (Å²) in [6, 6.07) is 0. The van der Waals surface area contributed by atoms with Crippen LogP contribution in [0.4, 0.5) is 0 Å². The molecule has 0 aliphatic rings. The molecule has 0 bridgehead atoms. The second kappa shape index (κ2) is 6.55. The third-order valence-electron chi connectivity index (χ3n) is 0.467. The third-order valence-corrected chi connectivity index (χ3v) is 2.35. The Bertz CT molecular complexity index is 144. The monoisotopic (exact) mass is 304 g/mol. The van der Waals surface area contributed by atoms with Crippen molar-refractivity contribution in [3.8, 4) is 0 Å². The number of carbonyl (C=O) groups excluding carboxylic acids is 1. The maximum Gasteiger partial charge on any atom is 0.213 e. The zero-order valence-corrected chi connectivity index (χ0v) is 10.3. The van der Waals surface area contributed by atoms with Crippen LogP contribution in [0.3, 0.4) is 0 Å². The summed E-state index contributed by atoms with van der Waals surface area (Å²) in [5.74, 6) is 0. The van der Waals surface area contributed by atoms with Gasteiger partial charge in [-0.3, -0.25) is 4.79 Å². The molecule has 10 heavy (non-hydrogen) atoms. The van der Waals surface area contributed by atoms with Crippen molar-refractivity contribution in [1.82, 2.24) is 0 Å². The van der Waals surface area contributed by atoms with Gasteiger partial charge in [-0.15, -0.1) is 0 Å². The van der Waals surface area contributed by atoms with E-state index in [-0.39, 0.29) is 4.69 Å². The Morgan fingerprint density at radius 1 is 1.50 bits per heavy atom. The van der Waals surface area contributed by atoms with Crippen molar-refractivity contribution in [3.05, 3.63) is 0 Å². The first-order valence-electron chi connectivity index (χ1n) is 2.24. The predicted octanol–water partition coefficient (Wildman–Crippen LogP) is 3.10. The summed E-state index contributed by atoms with van der Waals surface area (Å²) in [7, 11) is 0. The highest BCUT2D eigenvalue weighted by Crippen LogP contribution is 2.19. The predicted molar refractivity (Wildman–Crippen MR) is 57.1 cm³/mol. The van der Waals surface area contributed by atoms with E-state index in [0.29, 0.717) is 0 Å². The van der Waals surface area contributed by atoms with Crippen molar-refractivity contribution in [3.63, 3.8) is 0 Å². The minimum atomic E-state index is -0.410. The maximum absolute atomic E-state index is 10.3. The molecule has 1 nitrogen and oxygen atoms in total. The molecule has 0 unspecified atom stereocenters. The molecule has 0 aliphatic carbocycles. The standard InChI is InChI=1S/C4H6Br2O.CS2/c1-4(2,6)3(5)7;2-1-3/h1-2H3;. The average Bonchev–Trinajstić information content (AvgIpc) is 1.64. The number of hydrogen-bond acceptors (Lipinski definition) is 3. The molecular formula is C5H6Br2OS2. The third kappa shape index (κ3) is 11.6. The van der Waals surface area contributed by atoms with Gasteiger partial charge in [-0.25, -0.2) is 0 Å². The van der Waals surface area contributed by atoms with E-state index in [1.54, 1.807) is 13.8 Å². The van der Waals surface area contributed by atoms with Crippen LogP contribution in [-0.2, 0) is 4.79 Å². The second-order valence-electron chi connectivity index (χ2n) is 1.83. The number of rotatable bonds is 1. The van der Waals surface area contributed by atoms with Gasteiger partial charge in [0, 0.05) is 4.31 Å². The first-order valence-corrected chi connectivity index (χ1v) is 4.64. The summed E-state index contributed by atoms with van der Waals surface area (Å²) in [6.07, 6.45) is 0. The lowest BCUT2D eigenvalue weighted by atomic mass is 10.3. The van der Waals surface area contributed by atoms with E-state index in [1.807, 2.05) is 4.31 Å². The molecule has 0 aliphatic heterocycles. The van der Waals surface area contributed by atoms with Crippen LogP contribution in [0.1, 0.15) is 13.8 Å². The molecule has 0 fully saturated rings. The molecule has 0 N–H and O–H groups in total. The van der Waals surface area contributed by atoms with Gasteiger partial charge in [0.1, 0.15) is 0 Å². The van der Waals surface area contributed by atoms with Crippen LogP contribution in [0.15, 0.2) is 0 Å². The zero-order chi connectivity index (χ0) is 8.78. The first-order chi connectivity index (χ1) is 4.36. The van der Waals surface area contributed by atoms with Crippen molar-refractivity contribution < 1.29 is 4.79 Å². The molecule has 58 valence electrons. The van der Waals surface area contributed by atoms with Crippen molar-refractivity contribution in [2.75, 3.05) is 0 Å². The van der Waals surface area contributed by atoms with E-state index < -0.39 is 4.32 Å². The Morgan fingerprint density at radius 2 is 1.60 bits per heavy atom. The summed E-state index contributed by atoms with van der Waals surface area (Å²) >= 11 is 13.9. The molecule has 0 saturated heterocycles. The quantitative estimate of drug-likeness (QED) is 0.421. The van der Waals surface area contributed by atoms with Gasteiger partial charge in [0.2, 0.25) is 4.69 Å². The SMILES string of the molecule is CC(C)(Br)C(=O)Br.S=C=S. The van der Waals surface area contributed by atoms with Crippen LogP contribution in [0.5, 0.6) is 0 Å². The van der Waals surface area contributed by atoms with E-state index in [9.17, 15) is 4.79 Å².